The van der Waals surface area contributed by atoms with Crippen molar-refractivity contribution in [2.24, 2.45) is 0 Å². The van der Waals surface area contributed by atoms with E-state index in [1.807, 2.05) is 0 Å². The fourth-order valence-electron chi connectivity index (χ4n) is 2.04. The molecule has 17 heavy (non-hydrogen) atoms. The molecule has 0 aliphatic carbocycles. The SMILES string of the molecule is O=C(O)N1CCC(N2C(=O)CSC2=O)C(F)C1. The molecule has 0 aromatic rings. The lowest BCUT2D eigenvalue weighted by atomic mass is 10.0. The van der Waals surface area contributed by atoms with Crippen LogP contribution in [-0.4, -0.2) is 63.2 Å². The second-order valence-corrected chi connectivity index (χ2v) is 4.85. The van der Waals surface area contributed by atoms with Gasteiger partial charge in [0.15, 0.2) is 0 Å². The minimum absolute atomic E-state index is 0.0463. The summed E-state index contributed by atoms with van der Waals surface area (Å²) in [7, 11) is 0. The number of thioether (sulfide) groups is 1. The van der Waals surface area contributed by atoms with Gasteiger partial charge in [-0.15, -0.1) is 0 Å². The molecule has 2 aliphatic heterocycles. The summed E-state index contributed by atoms with van der Waals surface area (Å²) in [6.07, 6.45) is -2.53. The number of hydrogen-bond donors (Lipinski definition) is 1. The highest BCUT2D eigenvalue weighted by molar-refractivity contribution is 8.14. The van der Waals surface area contributed by atoms with E-state index in [2.05, 4.69) is 0 Å². The molecule has 0 aromatic carbocycles. The van der Waals surface area contributed by atoms with Crippen molar-refractivity contribution in [1.82, 2.24) is 9.80 Å². The maximum atomic E-state index is 13.8. The van der Waals surface area contributed by atoms with Gasteiger partial charge in [-0.25, -0.2) is 9.18 Å². The van der Waals surface area contributed by atoms with Crippen molar-refractivity contribution in [1.29, 1.82) is 0 Å². The van der Waals surface area contributed by atoms with Crippen LogP contribution in [0.2, 0.25) is 0 Å². The lowest BCUT2D eigenvalue weighted by Gasteiger charge is -2.36. The molecule has 2 aliphatic rings. The van der Waals surface area contributed by atoms with Crippen LogP contribution in [-0.2, 0) is 4.79 Å². The molecule has 2 atom stereocenters. The largest absolute Gasteiger partial charge is 0.465 e. The van der Waals surface area contributed by atoms with Crippen molar-refractivity contribution >= 4 is 29.0 Å². The van der Waals surface area contributed by atoms with E-state index < -0.39 is 29.5 Å². The van der Waals surface area contributed by atoms with Gasteiger partial charge in [0.05, 0.1) is 18.3 Å². The van der Waals surface area contributed by atoms with Gasteiger partial charge in [0.25, 0.3) is 5.24 Å². The zero-order valence-electron chi connectivity index (χ0n) is 8.84. The summed E-state index contributed by atoms with van der Waals surface area (Å²) in [4.78, 5) is 35.4. The Bertz CT molecular complexity index is 362. The summed E-state index contributed by atoms with van der Waals surface area (Å²) in [5.41, 5.74) is 0. The standard InChI is InChI=1S/C9H11FN2O4S/c10-5-3-11(8(14)15)2-1-6(5)12-7(13)4-17-9(12)16/h5-6H,1-4H2,(H,14,15). The molecule has 3 amide bonds. The van der Waals surface area contributed by atoms with E-state index >= 15 is 0 Å². The first-order valence-electron chi connectivity index (χ1n) is 5.11. The average Bonchev–Trinajstić information content (AvgIpc) is 2.59. The predicted octanol–water partition coefficient (Wildman–Crippen LogP) is 0.772. The van der Waals surface area contributed by atoms with Gasteiger partial charge in [-0.1, -0.05) is 11.8 Å². The van der Waals surface area contributed by atoms with Gasteiger partial charge in [-0.3, -0.25) is 14.5 Å². The number of hydrogen-bond acceptors (Lipinski definition) is 4. The lowest BCUT2D eigenvalue weighted by Crippen LogP contribution is -2.54. The van der Waals surface area contributed by atoms with Crippen molar-refractivity contribution in [3.8, 4) is 0 Å². The molecule has 1 N–H and O–H groups in total. The molecule has 6 nitrogen and oxygen atoms in total. The summed E-state index contributed by atoms with van der Waals surface area (Å²) in [5.74, 6) is -0.346. The summed E-state index contributed by atoms with van der Waals surface area (Å²) in [6, 6.07) is -0.819. The summed E-state index contributed by atoms with van der Waals surface area (Å²) >= 11 is 0.857. The molecule has 0 aromatic heterocycles. The smallest absolute Gasteiger partial charge is 0.407 e. The number of amides is 3. The zero-order valence-corrected chi connectivity index (χ0v) is 9.65. The monoisotopic (exact) mass is 262 g/mol. The molecule has 0 spiro atoms. The topological polar surface area (TPSA) is 77.9 Å². The van der Waals surface area contributed by atoms with Gasteiger partial charge >= 0.3 is 6.09 Å². The minimum atomic E-state index is -1.51. The van der Waals surface area contributed by atoms with Crippen molar-refractivity contribution < 1.29 is 23.9 Å². The van der Waals surface area contributed by atoms with Crippen LogP contribution in [0.5, 0.6) is 0 Å². The summed E-state index contributed by atoms with van der Waals surface area (Å²) < 4.78 is 13.8. The number of nitrogens with zero attached hydrogens (tertiary/aromatic N) is 2. The molecule has 2 rings (SSSR count). The van der Waals surface area contributed by atoms with E-state index in [0.29, 0.717) is 0 Å². The molecule has 0 saturated carbocycles. The number of carbonyl (C=O) groups is 3. The predicted molar refractivity (Wildman–Crippen MR) is 57.6 cm³/mol. The molecule has 2 heterocycles. The highest BCUT2D eigenvalue weighted by atomic mass is 32.2. The number of halogens is 1. The fourth-order valence-corrected chi connectivity index (χ4v) is 2.80. The van der Waals surface area contributed by atoms with E-state index in [1.165, 1.54) is 0 Å². The number of alkyl halides is 1. The lowest BCUT2D eigenvalue weighted by molar-refractivity contribution is -0.128. The summed E-state index contributed by atoms with van der Waals surface area (Å²) in [5, 5.41) is 8.28. The number of rotatable bonds is 1. The van der Waals surface area contributed by atoms with Crippen LogP contribution >= 0.6 is 11.8 Å². The van der Waals surface area contributed by atoms with Crippen LogP contribution in [0.25, 0.3) is 0 Å². The molecular formula is C9H11FN2O4S. The Morgan fingerprint density at radius 2 is 2.18 bits per heavy atom. The zero-order chi connectivity index (χ0) is 12.6. The molecule has 2 saturated heterocycles. The average molecular weight is 262 g/mol. The van der Waals surface area contributed by atoms with Crippen LogP contribution in [0, 0.1) is 0 Å². The molecule has 94 valence electrons. The maximum absolute atomic E-state index is 13.8. The summed E-state index contributed by atoms with van der Waals surface area (Å²) in [6.45, 7) is -0.149. The first-order valence-corrected chi connectivity index (χ1v) is 6.10. The molecule has 0 radical (unpaired) electrons. The normalized spacial score (nSPS) is 29.9. The molecular weight excluding hydrogens is 251 g/mol. The fraction of sp³-hybridized carbons (Fsp3) is 0.667. The van der Waals surface area contributed by atoms with E-state index in [4.69, 9.17) is 5.11 Å². The van der Waals surface area contributed by atoms with Crippen molar-refractivity contribution in [2.45, 2.75) is 18.6 Å². The minimum Gasteiger partial charge on any atom is -0.465 e. The van der Waals surface area contributed by atoms with Gasteiger partial charge in [0.1, 0.15) is 6.17 Å². The third-order valence-electron chi connectivity index (χ3n) is 2.89. The molecule has 2 fully saturated rings. The van der Waals surface area contributed by atoms with Gasteiger partial charge in [-0.05, 0) is 6.42 Å². The Morgan fingerprint density at radius 1 is 1.47 bits per heavy atom. The highest BCUT2D eigenvalue weighted by Gasteiger charge is 2.43. The molecule has 0 bridgehead atoms. The molecule has 2 unspecified atom stereocenters. The number of imide groups is 1. The van der Waals surface area contributed by atoms with Crippen molar-refractivity contribution in [3.63, 3.8) is 0 Å². The van der Waals surface area contributed by atoms with Crippen LogP contribution in [0.4, 0.5) is 14.0 Å². The van der Waals surface area contributed by atoms with Gasteiger partial charge in [-0.2, -0.15) is 0 Å². The Kier molecular flexibility index (Phi) is 3.23. The van der Waals surface area contributed by atoms with E-state index in [1.54, 1.807) is 0 Å². The Labute approximate surface area is 101 Å². The third kappa shape index (κ3) is 2.21. The number of piperidine rings is 1. The first-order chi connectivity index (χ1) is 8.00. The number of carboxylic acid groups (broad SMARTS) is 1. The van der Waals surface area contributed by atoms with E-state index in [0.717, 1.165) is 21.6 Å². The Hall–Kier alpha value is -1.31. The van der Waals surface area contributed by atoms with Crippen LogP contribution in [0.15, 0.2) is 0 Å². The van der Waals surface area contributed by atoms with Crippen LogP contribution in [0.3, 0.4) is 0 Å². The first kappa shape index (κ1) is 12.2. The van der Waals surface area contributed by atoms with Crippen molar-refractivity contribution in [2.75, 3.05) is 18.8 Å². The van der Waals surface area contributed by atoms with Crippen LogP contribution in [0.1, 0.15) is 6.42 Å². The second kappa shape index (κ2) is 4.52. The van der Waals surface area contributed by atoms with Gasteiger partial charge in [0, 0.05) is 6.54 Å². The Morgan fingerprint density at radius 3 is 2.65 bits per heavy atom. The maximum Gasteiger partial charge on any atom is 0.407 e. The number of likely N-dealkylation sites (tertiary alicyclic amines) is 1. The molecule has 8 heteroatoms. The second-order valence-electron chi connectivity index (χ2n) is 3.92. The van der Waals surface area contributed by atoms with Crippen LogP contribution < -0.4 is 0 Å². The van der Waals surface area contributed by atoms with E-state index in [9.17, 15) is 18.8 Å². The third-order valence-corrected chi connectivity index (χ3v) is 3.73. The Balaban J connectivity index is 2.06. The van der Waals surface area contributed by atoms with E-state index in [-0.39, 0.29) is 25.3 Å². The quantitative estimate of drug-likeness (QED) is 0.755. The number of carbonyl (C=O) groups excluding carboxylic acids is 2. The van der Waals surface area contributed by atoms with Gasteiger partial charge in [0.2, 0.25) is 5.91 Å². The highest BCUT2D eigenvalue weighted by Crippen LogP contribution is 2.28. The van der Waals surface area contributed by atoms with Crippen molar-refractivity contribution in [3.05, 3.63) is 0 Å². The van der Waals surface area contributed by atoms with Gasteiger partial charge < -0.3 is 10.0 Å².